The van der Waals surface area contributed by atoms with Crippen molar-refractivity contribution in [3.8, 4) is 50.9 Å². The van der Waals surface area contributed by atoms with Crippen molar-refractivity contribution in [2.45, 2.75) is 64.2 Å². The van der Waals surface area contributed by atoms with Gasteiger partial charge in [0, 0.05) is 42.4 Å². The number of aromatic nitrogens is 2. The highest BCUT2D eigenvalue weighted by Gasteiger charge is 2.26. The van der Waals surface area contributed by atoms with Crippen molar-refractivity contribution < 1.29 is 38.1 Å². The zero-order valence-corrected chi connectivity index (χ0v) is 48.7. The standard InChI is InChI=1S/C77H64N2O8/c1-84-61-32-15-51(16-33-61)45-59(80)30-25-54-23-21-52-9-3-5-11-63(52)74(54)75-55(24-22-53-10-4-6-12-64(53)75)26-31-60(81)46-58-27-34-62(85-2)47-69(58)79-42-8-14-68(79)71(83)38-20-50-18-36-66-57(44-50)29-40-73-77(66)76-65-35-17-49(19-37-70(82)67-13-7-41-78-67)43-56(65)28-39-72(76)86-48-87-73/h7-8,13-44,47,78H,3-6,9-12,45-46,48H2,1-2H3/b30-25-,31-26-,37-19-,38-20-. The van der Waals surface area contributed by atoms with Gasteiger partial charge in [0.2, 0.25) is 18.4 Å². The molecule has 2 aromatic heterocycles. The summed E-state index contributed by atoms with van der Waals surface area (Å²) in [5.74, 6) is 2.36. The lowest BCUT2D eigenvalue weighted by Crippen LogP contribution is -2.11. The number of nitrogens with zero attached hydrogens (tertiary/aromatic N) is 1. The highest BCUT2D eigenvalue weighted by molar-refractivity contribution is 6.12. The summed E-state index contributed by atoms with van der Waals surface area (Å²) in [5.41, 5.74) is 16.5. The Balaban J connectivity index is 0.766. The molecule has 0 fully saturated rings. The second-order valence-electron chi connectivity index (χ2n) is 22.5. The number of ketones is 4. The van der Waals surface area contributed by atoms with Gasteiger partial charge in [0.1, 0.15) is 23.0 Å². The molecule has 2 aliphatic carbocycles. The van der Waals surface area contributed by atoms with Crippen molar-refractivity contribution in [2.24, 2.45) is 0 Å². The van der Waals surface area contributed by atoms with Crippen LogP contribution in [0.1, 0.15) is 102 Å². The molecule has 0 unspecified atom stereocenters. The first-order valence-corrected chi connectivity index (χ1v) is 29.8. The van der Waals surface area contributed by atoms with Gasteiger partial charge < -0.3 is 28.5 Å². The number of allylic oxidation sites excluding steroid dienone is 4. The van der Waals surface area contributed by atoms with E-state index in [1.165, 1.54) is 27.8 Å². The monoisotopic (exact) mass is 1140 g/mol. The number of ether oxygens (including phenoxy) is 4. The van der Waals surface area contributed by atoms with E-state index in [1.807, 2.05) is 120 Å². The van der Waals surface area contributed by atoms with Gasteiger partial charge in [-0.25, -0.2) is 0 Å². The minimum atomic E-state index is -0.213. The van der Waals surface area contributed by atoms with E-state index in [0.717, 1.165) is 129 Å². The first kappa shape index (κ1) is 55.8. The molecule has 10 aromatic rings. The molecule has 0 amide bonds. The number of hydrogen-bond donors (Lipinski definition) is 1. The quantitative estimate of drug-likeness (QED) is 0.0665. The van der Waals surface area contributed by atoms with Crippen LogP contribution in [0.25, 0.3) is 73.8 Å². The molecule has 1 aliphatic heterocycles. The normalized spacial score (nSPS) is 13.7. The topological polar surface area (TPSA) is 126 Å². The van der Waals surface area contributed by atoms with E-state index >= 15 is 0 Å². The lowest BCUT2D eigenvalue weighted by atomic mass is 9.77. The van der Waals surface area contributed by atoms with Crippen molar-refractivity contribution in [1.29, 1.82) is 0 Å². The number of methoxy groups -OCH3 is 2. The van der Waals surface area contributed by atoms with Crippen LogP contribution in [0.15, 0.2) is 188 Å². The van der Waals surface area contributed by atoms with Gasteiger partial charge >= 0.3 is 0 Å². The first-order valence-electron chi connectivity index (χ1n) is 29.8. The van der Waals surface area contributed by atoms with Gasteiger partial charge in [-0.05, 0) is 231 Å². The molecular weight excluding hydrogens is 1080 g/mol. The third-order valence-corrected chi connectivity index (χ3v) is 17.1. The van der Waals surface area contributed by atoms with Crippen LogP contribution in [0, 0.1) is 0 Å². The Morgan fingerprint density at radius 2 is 1.09 bits per heavy atom. The van der Waals surface area contributed by atoms with Crippen LogP contribution in [-0.2, 0) is 48.1 Å². The highest BCUT2D eigenvalue weighted by atomic mass is 16.7. The average molecular weight is 1150 g/mol. The fourth-order valence-corrected chi connectivity index (χ4v) is 12.8. The second-order valence-corrected chi connectivity index (χ2v) is 22.5. The van der Waals surface area contributed by atoms with Gasteiger partial charge in [-0.3, -0.25) is 19.2 Å². The SMILES string of the molecule is COc1ccc(CC(=O)/C=C\c2ccc3c(c2-c2c(/C=C\C(=O)Cc4ccc(OC)cc4-n4cccc4C(=O)/C=C\c4ccc5c6c(ccc5c4)OCOc4ccc5cc(/C=C\C(=O)c7ccc[nH]7)ccc5c4-6)ccc4c2CCCC4)CCCC3)cc1. The Bertz CT molecular complexity index is 4470. The number of carbonyl (C=O) groups is 4. The molecule has 10 nitrogen and oxygen atoms in total. The maximum Gasteiger partial charge on any atom is 0.230 e. The maximum atomic E-state index is 14.4. The van der Waals surface area contributed by atoms with Gasteiger partial charge in [0.25, 0.3) is 0 Å². The zero-order chi connectivity index (χ0) is 59.4. The third-order valence-electron chi connectivity index (χ3n) is 17.1. The molecule has 0 spiro atoms. The fraction of sp³-hybridized carbons (Fsp3) is 0.169. The summed E-state index contributed by atoms with van der Waals surface area (Å²) >= 11 is 0. The Kier molecular flexibility index (Phi) is 15.9. The lowest BCUT2D eigenvalue weighted by Gasteiger charge is -2.27. The van der Waals surface area contributed by atoms with E-state index in [4.69, 9.17) is 18.9 Å². The second kappa shape index (κ2) is 24.7. The predicted molar refractivity (Wildman–Crippen MR) is 347 cm³/mol. The molecule has 10 heteroatoms. The zero-order valence-electron chi connectivity index (χ0n) is 48.7. The highest BCUT2D eigenvalue weighted by Crippen LogP contribution is 2.48. The number of aryl methyl sites for hydroxylation is 2. The summed E-state index contributed by atoms with van der Waals surface area (Å²) in [6.45, 7) is 0.0562. The van der Waals surface area contributed by atoms with Gasteiger partial charge in [-0.15, -0.1) is 0 Å². The van der Waals surface area contributed by atoms with Crippen molar-refractivity contribution in [1.82, 2.24) is 9.55 Å². The molecule has 8 aromatic carbocycles. The van der Waals surface area contributed by atoms with E-state index in [9.17, 15) is 19.2 Å². The van der Waals surface area contributed by atoms with Crippen LogP contribution in [0.2, 0.25) is 0 Å². The van der Waals surface area contributed by atoms with E-state index in [0.29, 0.717) is 34.3 Å². The molecule has 3 aliphatic rings. The summed E-state index contributed by atoms with van der Waals surface area (Å²) < 4.78 is 25.3. The van der Waals surface area contributed by atoms with Crippen molar-refractivity contribution in [2.75, 3.05) is 21.0 Å². The number of rotatable bonds is 18. The van der Waals surface area contributed by atoms with Crippen LogP contribution in [0.3, 0.4) is 0 Å². The molecule has 0 atom stereocenters. The molecule has 0 bridgehead atoms. The molecule has 1 N–H and O–H groups in total. The van der Waals surface area contributed by atoms with Crippen LogP contribution < -0.4 is 18.9 Å². The van der Waals surface area contributed by atoms with Gasteiger partial charge in [0.15, 0.2) is 11.6 Å². The van der Waals surface area contributed by atoms with Gasteiger partial charge in [-0.1, -0.05) is 103 Å². The van der Waals surface area contributed by atoms with Crippen LogP contribution in [-0.4, -0.2) is 53.7 Å². The lowest BCUT2D eigenvalue weighted by molar-refractivity contribution is -0.114. The first-order chi connectivity index (χ1) is 42.7. The fourth-order valence-electron chi connectivity index (χ4n) is 12.8. The minimum absolute atomic E-state index is 0.0196. The molecule has 87 heavy (non-hydrogen) atoms. The smallest absolute Gasteiger partial charge is 0.230 e. The van der Waals surface area contributed by atoms with E-state index in [1.54, 1.807) is 62.9 Å². The number of fused-ring (bicyclic) bond motifs is 9. The van der Waals surface area contributed by atoms with Crippen LogP contribution in [0.5, 0.6) is 23.0 Å². The molecule has 3 heterocycles. The van der Waals surface area contributed by atoms with E-state index < -0.39 is 0 Å². The summed E-state index contributed by atoms with van der Waals surface area (Å²) in [5, 5.41) is 3.88. The third kappa shape index (κ3) is 11.7. The molecule has 0 saturated carbocycles. The molecule has 0 saturated heterocycles. The molecular formula is C77H64N2O8. The molecule has 430 valence electrons. The summed E-state index contributed by atoms with van der Waals surface area (Å²) in [4.78, 5) is 58.0. The largest absolute Gasteiger partial charge is 0.497 e. The summed E-state index contributed by atoms with van der Waals surface area (Å²) in [6.07, 6.45) is 26.5. The number of nitrogens with one attached hydrogen (secondary N) is 1. The van der Waals surface area contributed by atoms with E-state index in [2.05, 4.69) is 53.5 Å². The van der Waals surface area contributed by atoms with Gasteiger partial charge in [0.05, 0.1) is 31.3 Å². The Hall–Kier alpha value is -10.3. The van der Waals surface area contributed by atoms with Crippen LogP contribution >= 0.6 is 0 Å². The number of benzene rings is 8. The number of hydrogen-bond acceptors (Lipinski definition) is 8. The number of H-pyrrole nitrogens is 1. The maximum absolute atomic E-state index is 14.4. The number of carbonyl (C=O) groups excluding carboxylic acids is 4. The summed E-state index contributed by atoms with van der Waals surface area (Å²) in [6, 6.07) is 49.5. The van der Waals surface area contributed by atoms with E-state index in [-0.39, 0.29) is 42.8 Å². The Morgan fingerprint density at radius 1 is 0.517 bits per heavy atom. The molecule has 0 radical (unpaired) electrons. The predicted octanol–water partition coefficient (Wildman–Crippen LogP) is 16.4. The molecule has 13 rings (SSSR count). The van der Waals surface area contributed by atoms with Crippen molar-refractivity contribution >= 4 is 69.0 Å². The average Bonchev–Trinajstić information content (AvgIpc) is 1.93. The van der Waals surface area contributed by atoms with Crippen molar-refractivity contribution in [3.63, 3.8) is 0 Å². The Labute approximate surface area is 505 Å². The minimum Gasteiger partial charge on any atom is -0.497 e. The Morgan fingerprint density at radius 3 is 1.68 bits per heavy atom. The number of aromatic amines is 1. The van der Waals surface area contributed by atoms with Gasteiger partial charge in [-0.2, -0.15) is 0 Å². The van der Waals surface area contributed by atoms with Crippen molar-refractivity contribution in [3.05, 3.63) is 255 Å². The summed E-state index contributed by atoms with van der Waals surface area (Å²) in [7, 11) is 3.24. The van der Waals surface area contributed by atoms with Crippen LogP contribution in [0.4, 0.5) is 0 Å².